The van der Waals surface area contributed by atoms with Crippen LogP contribution < -0.4 is 15.4 Å². The third-order valence-electron chi connectivity index (χ3n) is 6.35. The van der Waals surface area contributed by atoms with Crippen molar-refractivity contribution in [1.29, 1.82) is 0 Å². The minimum absolute atomic E-state index is 0.00248. The van der Waals surface area contributed by atoms with E-state index in [1.807, 2.05) is 32.9 Å². The topological polar surface area (TPSA) is 90.8 Å². The summed E-state index contributed by atoms with van der Waals surface area (Å²) < 4.78 is 45.3. The van der Waals surface area contributed by atoms with E-state index >= 15 is 0 Å². The van der Waals surface area contributed by atoms with Crippen molar-refractivity contribution in [2.45, 2.75) is 63.5 Å². The summed E-state index contributed by atoms with van der Waals surface area (Å²) in [7, 11) is 1.17. The van der Waals surface area contributed by atoms with E-state index in [1.54, 1.807) is 18.2 Å². The number of fused-ring (bicyclic) bond motifs is 1. The summed E-state index contributed by atoms with van der Waals surface area (Å²) in [6, 6.07) is 8.80. The maximum atomic E-state index is 13.4. The molecule has 3 rings (SSSR count). The molecule has 3 atom stereocenters. The summed E-state index contributed by atoms with van der Waals surface area (Å²) in [4.78, 5) is 12.8. The number of hydrogen-bond donors (Lipinski definition) is 4. The average molecular weight is 467 g/mol. The van der Waals surface area contributed by atoms with Crippen LogP contribution in [-0.4, -0.2) is 35.6 Å². The van der Waals surface area contributed by atoms with Crippen LogP contribution in [0.25, 0.3) is 0 Å². The highest BCUT2D eigenvalue weighted by molar-refractivity contribution is 5.92. The number of ether oxygens (including phenoxy) is 1. The highest BCUT2D eigenvalue weighted by Gasteiger charge is 2.42. The van der Waals surface area contributed by atoms with Gasteiger partial charge in [0, 0.05) is 5.56 Å². The van der Waals surface area contributed by atoms with Crippen molar-refractivity contribution in [2.24, 2.45) is 0 Å². The van der Waals surface area contributed by atoms with E-state index in [0.29, 0.717) is 18.4 Å². The van der Waals surface area contributed by atoms with Gasteiger partial charge in [-0.1, -0.05) is 45.0 Å². The summed E-state index contributed by atoms with van der Waals surface area (Å²) in [5.41, 5.74) is 1.14. The molecular formula is C24H29F3N2O4. The zero-order chi connectivity index (χ0) is 24.6. The van der Waals surface area contributed by atoms with Crippen LogP contribution in [0.3, 0.4) is 0 Å². The van der Waals surface area contributed by atoms with Gasteiger partial charge in [-0.15, -0.1) is 0 Å². The second-order valence-electron chi connectivity index (χ2n) is 8.88. The molecule has 180 valence electrons. The first-order valence-electron chi connectivity index (χ1n) is 10.7. The molecule has 0 saturated heterocycles. The smallest absolute Gasteiger partial charge is 0.418 e. The molecule has 0 aliphatic heterocycles. The van der Waals surface area contributed by atoms with E-state index in [1.165, 1.54) is 13.2 Å². The summed E-state index contributed by atoms with van der Waals surface area (Å²) >= 11 is 0. The molecule has 0 spiro atoms. The molecule has 9 heteroatoms. The van der Waals surface area contributed by atoms with Crippen molar-refractivity contribution >= 4 is 11.7 Å². The first kappa shape index (κ1) is 24.9. The molecule has 33 heavy (non-hydrogen) atoms. The zero-order valence-electron chi connectivity index (χ0n) is 19.0. The maximum Gasteiger partial charge on any atom is 0.418 e. The van der Waals surface area contributed by atoms with Gasteiger partial charge in [0.2, 0.25) is 0 Å². The Morgan fingerprint density at radius 2 is 1.91 bits per heavy atom. The van der Waals surface area contributed by atoms with Gasteiger partial charge in [-0.3, -0.25) is 0 Å². The Kier molecular flexibility index (Phi) is 6.95. The quantitative estimate of drug-likeness (QED) is 0.494. The van der Waals surface area contributed by atoms with Gasteiger partial charge in [0.05, 0.1) is 24.9 Å². The van der Waals surface area contributed by atoms with Crippen molar-refractivity contribution in [2.75, 3.05) is 12.4 Å². The van der Waals surface area contributed by atoms with Crippen LogP contribution in [0.5, 0.6) is 5.75 Å². The molecule has 6 nitrogen and oxygen atoms in total. The minimum Gasteiger partial charge on any atom is -0.494 e. The van der Waals surface area contributed by atoms with Crippen LogP contribution in [0.15, 0.2) is 36.4 Å². The predicted molar refractivity (Wildman–Crippen MR) is 118 cm³/mol. The van der Waals surface area contributed by atoms with Gasteiger partial charge < -0.3 is 25.6 Å². The lowest BCUT2D eigenvalue weighted by Gasteiger charge is -2.28. The Morgan fingerprint density at radius 1 is 1.24 bits per heavy atom. The Hall–Kier alpha value is -2.78. The van der Waals surface area contributed by atoms with Gasteiger partial charge in [-0.05, 0) is 47.1 Å². The number of carbonyl (C=O) groups excluding carboxylic acids is 1. The van der Waals surface area contributed by atoms with E-state index in [2.05, 4.69) is 10.6 Å². The number of hydrogen-bond acceptors (Lipinski definition) is 4. The Bertz CT molecular complexity index is 1020. The first-order chi connectivity index (χ1) is 15.4. The molecule has 0 bridgehead atoms. The maximum absolute atomic E-state index is 13.4. The van der Waals surface area contributed by atoms with E-state index in [9.17, 15) is 28.2 Å². The molecule has 0 saturated carbocycles. The van der Waals surface area contributed by atoms with Gasteiger partial charge in [0.1, 0.15) is 5.75 Å². The third-order valence-corrected chi connectivity index (χ3v) is 6.35. The molecule has 0 heterocycles. The van der Waals surface area contributed by atoms with Gasteiger partial charge in [0.15, 0.2) is 6.10 Å². The molecule has 1 unspecified atom stereocenters. The minimum atomic E-state index is -4.92. The predicted octanol–water partition coefficient (Wildman–Crippen LogP) is 4.76. The molecule has 2 amide bonds. The van der Waals surface area contributed by atoms with Gasteiger partial charge >= 0.3 is 12.2 Å². The van der Waals surface area contributed by atoms with Crippen molar-refractivity contribution in [1.82, 2.24) is 5.32 Å². The van der Waals surface area contributed by atoms with Crippen molar-refractivity contribution in [3.63, 3.8) is 0 Å². The molecule has 1 aliphatic rings. The number of amides is 2. The SMILES string of the molecule is CCC(C)(C)c1cc(NC(=O)N[C@@H]2Cc3ccccc3[C@H]2O)c(OC)c(C(O)C(F)(F)F)c1. The molecule has 0 radical (unpaired) electrons. The molecule has 4 N–H and O–H groups in total. The molecule has 0 fully saturated rings. The van der Waals surface area contributed by atoms with Crippen molar-refractivity contribution in [3.05, 3.63) is 58.7 Å². The highest BCUT2D eigenvalue weighted by Crippen LogP contribution is 2.44. The summed E-state index contributed by atoms with van der Waals surface area (Å²) in [6.45, 7) is 5.60. The molecule has 1 aliphatic carbocycles. The van der Waals surface area contributed by atoms with Gasteiger partial charge in [-0.2, -0.15) is 13.2 Å². The molecule has 2 aromatic carbocycles. The lowest BCUT2D eigenvalue weighted by Crippen LogP contribution is -2.40. The number of nitrogens with one attached hydrogen (secondary N) is 2. The summed E-state index contributed by atoms with van der Waals surface area (Å²) in [5, 5.41) is 25.7. The number of anilines is 1. The van der Waals surface area contributed by atoms with Gasteiger partial charge in [0.25, 0.3) is 0 Å². The number of aliphatic hydroxyl groups is 2. The lowest BCUT2D eigenvalue weighted by atomic mass is 9.80. The highest BCUT2D eigenvalue weighted by atomic mass is 19.4. The molecule has 0 aromatic heterocycles. The van der Waals surface area contributed by atoms with Crippen LogP contribution in [0.2, 0.25) is 0 Å². The number of alkyl halides is 3. The van der Waals surface area contributed by atoms with Gasteiger partial charge in [-0.25, -0.2) is 4.79 Å². The lowest BCUT2D eigenvalue weighted by molar-refractivity contribution is -0.207. The van der Waals surface area contributed by atoms with Crippen LogP contribution in [0.4, 0.5) is 23.7 Å². The van der Waals surface area contributed by atoms with Crippen LogP contribution >= 0.6 is 0 Å². The fraction of sp³-hybridized carbons (Fsp3) is 0.458. The number of methoxy groups -OCH3 is 1. The van der Waals surface area contributed by atoms with E-state index in [-0.39, 0.29) is 11.4 Å². The monoisotopic (exact) mass is 466 g/mol. The van der Waals surface area contributed by atoms with Crippen LogP contribution in [0.1, 0.15) is 61.7 Å². The molecule has 2 aromatic rings. The second-order valence-corrected chi connectivity index (χ2v) is 8.88. The number of benzene rings is 2. The Labute approximate surface area is 190 Å². The summed E-state index contributed by atoms with van der Waals surface area (Å²) in [6.07, 6.45) is -7.57. The Balaban J connectivity index is 1.92. The largest absolute Gasteiger partial charge is 0.494 e. The second kappa shape index (κ2) is 9.23. The van der Waals surface area contributed by atoms with E-state index in [4.69, 9.17) is 4.74 Å². The normalized spacial score (nSPS) is 19.1. The third kappa shape index (κ3) is 5.09. The standard InChI is InChI=1S/C24H29F3N2O4/c1-5-23(2,3)14-11-16(21(31)24(25,26)27)20(33-4)18(12-14)29-22(32)28-17-10-13-8-6-7-9-15(13)19(17)30/h6-9,11-12,17,19,21,30-31H,5,10H2,1-4H3,(H2,28,29,32)/t17-,19-,21?/m1/s1. The Morgan fingerprint density at radius 3 is 2.48 bits per heavy atom. The number of halogens is 3. The molecular weight excluding hydrogens is 437 g/mol. The van der Waals surface area contributed by atoms with Crippen LogP contribution in [-0.2, 0) is 11.8 Å². The van der Waals surface area contributed by atoms with Crippen molar-refractivity contribution < 1.29 is 32.9 Å². The number of rotatable bonds is 6. The number of carbonyl (C=O) groups is 1. The number of urea groups is 1. The average Bonchev–Trinajstić information content (AvgIpc) is 3.07. The summed E-state index contributed by atoms with van der Waals surface area (Å²) in [5.74, 6) is -0.277. The number of aliphatic hydroxyl groups excluding tert-OH is 2. The fourth-order valence-electron chi connectivity index (χ4n) is 3.98. The van der Waals surface area contributed by atoms with E-state index in [0.717, 1.165) is 11.1 Å². The first-order valence-corrected chi connectivity index (χ1v) is 10.7. The van der Waals surface area contributed by atoms with Crippen molar-refractivity contribution in [3.8, 4) is 5.75 Å². The van der Waals surface area contributed by atoms with Crippen LogP contribution in [0, 0.1) is 0 Å². The fourth-order valence-corrected chi connectivity index (χ4v) is 3.98. The zero-order valence-corrected chi connectivity index (χ0v) is 19.0. The van der Waals surface area contributed by atoms with E-state index < -0.39 is 41.4 Å².